The van der Waals surface area contributed by atoms with Gasteiger partial charge >= 0.3 is 6.18 Å². The van der Waals surface area contributed by atoms with E-state index in [0.717, 1.165) is 77.3 Å². The van der Waals surface area contributed by atoms with Crippen LogP contribution in [0.4, 0.5) is 30.2 Å². The van der Waals surface area contributed by atoms with E-state index >= 15 is 0 Å². The molecule has 2 aliphatic rings. The molecule has 0 bridgehead atoms. The average Bonchev–Trinajstić information content (AvgIpc) is 3.87. The highest BCUT2D eigenvalue weighted by molar-refractivity contribution is 7.90. The largest absolute Gasteiger partial charge is 0.450 e. The average molecular weight is 864 g/mol. The fourth-order valence-corrected chi connectivity index (χ4v) is 10.5. The number of carbonyl (C=O) groups excluding carboxylic acids is 1. The quantitative estimate of drug-likeness (QED) is 0.121. The van der Waals surface area contributed by atoms with Crippen LogP contribution in [0.5, 0.6) is 0 Å². The molecule has 0 aliphatic heterocycles. The first-order valence-electron chi connectivity index (χ1n) is 20.1. The van der Waals surface area contributed by atoms with Crippen LogP contribution in [0.2, 0.25) is 0 Å². The third-order valence-corrected chi connectivity index (χ3v) is 14.6. The Balaban J connectivity index is 0.000000185. The first-order valence-corrected chi connectivity index (χ1v) is 22.9. The van der Waals surface area contributed by atoms with Crippen molar-refractivity contribution < 1.29 is 34.8 Å². The second-order valence-corrected chi connectivity index (χ2v) is 19.3. The maximum Gasteiger partial charge on any atom is 0.450 e. The van der Waals surface area contributed by atoms with E-state index in [2.05, 4.69) is 20.6 Å². The van der Waals surface area contributed by atoms with Crippen molar-refractivity contribution >= 4 is 65.0 Å². The zero-order chi connectivity index (χ0) is 42.8. The number of hydrogen-bond donors (Lipinski definition) is 3. The number of carbonyl (C=O) groups is 1. The number of alkyl halides is 3. The number of nitrogen functional groups attached to an aromatic ring is 1. The third-order valence-electron chi connectivity index (χ3n) is 11.2. The van der Waals surface area contributed by atoms with Crippen molar-refractivity contribution in [3.05, 3.63) is 102 Å². The van der Waals surface area contributed by atoms with Gasteiger partial charge in [0, 0.05) is 53.4 Å². The number of nitrogens with one attached hydrogen (secondary N) is 2. The summed E-state index contributed by atoms with van der Waals surface area (Å²) in [4.78, 5) is 20.5. The van der Waals surface area contributed by atoms with Crippen LogP contribution in [0.3, 0.4) is 0 Å². The van der Waals surface area contributed by atoms with E-state index in [1.807, 2.05) is 13.8 Å². The Morgan fingerprint density at radius 1 is 0.667 bits per heavy atom. The van der Waals surface area contributed by atoms with Gasteiger partial charge in [-0.15, -0.1) is 0 Å². The van der Waals surface area contributed by atoms with Gasteiger partial charge in [-0.1, -0.05) is 73.9 Å². The predicted molar refractivity (Wildman–Crippen MR) is 227 cm³/mol. The van der Waals surface area contributed by atoms with Gasteiger partial charge in [0.1, 0.15) is 0 Å². The van der Waals surface area contributed by atoms with Crippen LogP contribution in [-0.4, -0.2) is 58.8 Å². The van der Waals surface area contributed by atoms with E-state index in [1.165, 1.54) is 53.8 Å². The molecule has 0 atom stereocenters. The zero-order valence-electron chi connectivity index (χ0n) is 33.4. The molecule has 8 rings (SSSR count). The molecule has 17 heteroatoms. The Hall–Kier alpha value is -5.42. The smallest absolute Gasteiger partial charge is 0.396 e. The summed E-state index contributed by atoms with van der Waals surface area (Å²) < 4.78 is 93.7. The van der Waals surface area contributed by atoms with E-state index < -0.39 is 38.4 Å². The molecule has 4 aromatic heterocycles. The SMILES string of the molecule is Cc1ccc(S(=O)(=O)n2ccc3c(NC4CCCCC4)c(CC(=O)C(F)(F)F)cnc32)cc1.Cc1ccc(S(=O)(=O)n2ccc3c(NC4CCCCC4)c(N)cnc32)cc1. The number of Topliss-reactive ketones (excluding diaryl/α,β-unsaturated/α-hetero) is 1. The molecule has 0 radical (unpaired) electrons. The number of nitrogens with zero attached hydrogens (tertiary/aromatic N) is 4. The van der Waals surface area contributed by atoms with Crippen molar-refractivity contribution in [2.24, 2.45) is 0 Å². The summed E-state index contributed by atoms with van der Waals surface area (Å²) in [6.45, 7) is 3.77. The first-order chi connectivity index (χ1) is 28.5. The number of ketones is 1. The van der Waals surface area contributed by atoms with E-state index in [4.69, 9.17) is 5.73 Å². The summed E-state index contributed by atoms with van der Waals surface area (Å²) in [6.07, 6.45) is 10.4. The fraction of sp³-hybridized carbons (Fsp3) is 0.372. The molecule has 4 N–H and O–H groups in total. The number of halogens is 3. The van der Waals surface area contributed by atoms with E-state index in [1.54, 1.807) is 48.7 Å². The molecule has 12 nitrogen and oxygen atoms in total. The van der Waals surface area contributed by atoms with Crippen LogP contribution < -0.4 is 16.4 Å². The normalized spacial score (nSPS) is 15.8. The Bertz CT molecular complexity index is 2720. The number of pyridine rings is 2. The Morgan fingerprint density at radius 3 is 1.53 bits per heavy atom. The van der Waals surface area contributed by atoms with Gasteiger partial charge in [0.05, 0.1) is 33.0 Å². The number of benzene rings is 2. The highest BCUT2D eigenvalue weighted by atomic mass is 32.2. The Labute approximate surface area is 347 Å². The molecule has 60 heavy (non-hydrogen) atoms. The Morgan fingerprint density at radius 2 is 1.08 bits per heavy atom. The van der Waals surface area contributed by atoms with E-state index in [-0.39, 0.29) is 27.0 Å². The maximum atomic E-state index is 13.2. The van der Waals surface area contributed by atoms with Crippen molar-refractivity contribution in [1.29, 1.82) is 0 Å². The number of fused-ring (bicyclic) bond motifs is 2. The number of hydrogen-bond acceptors (Lipinski definition) is 10. The Kier molecular flexibility index (Phi) is 12.3. The fourth-order valence-electron chi connectivity index (χ4n) is 7.86. The minimum Gasteiger partial charge on any atom is -0.396 e. The summed E-state index contributed by atoms with van der Waals surface area (Å²) >= 11 is 0. The summed E-state index contributed by atoms with van der Waals surface area (Å²) in [6, 6.07) is 16.9. The number of aromatic nitrogens is 4. The number of anilines is 3. The standard InChI is InChI=1S/C23H24F3N3O3S.C20H24N4O2S/c1-15-7-9-18(10-8-15)33(31,32)29-12-11-19-21(28-17-5-3-2-4-6-17)16(14-27-22(19)29)13-20(30)23(24,25)26;1-14-7-9-16(10-8-14)27(25,26)24-12-11-17-19(18(21)13-22-20(17)24)23-15-5-3-2-4-6-15/h7-12,14,17H,2-6,13H2,1H3,(H,27,28);7-13,15H,2-6,21H2,1H3,(H,22,23). The van der Waals surface area contributed by atoms with Gasteiger partial charge in [-0.2, -0.15) is 13.2 Å². The highest BCUT2D eigenvalue weighted by Crippen LogP contribution is 2.35. The third kappa shape index (κ3) is 9.01. The lowest BCUT2D eigenvalue weighted by Crippen LogP contribution is -2.27. The van der Waals surface area contributed by atoms with Crippen LogP contribution >= 0.6 is 0 Å². The molecule has 0 unspecified atom stereocenters. The molecular weight excluding hydrogens is 816 g/mol. The van der Waals surface area contributed by atoms with Crippen molar-refractivity contribution in [2.45, 2.75) is 113 Å². The van der Waals surface area contributed by atoms with Crippen molar-refractivity contribution in [3.8, 4) is 0 Å². The van der Waals surface area contributed by atoms with Gasteiger partial charge in [-0.3, -0.25) is 4.79 Å². The number of aryl methyl sites for hydroxylation is 2. The van der Waals surface area contributed by atoms with Gasteiger partial charge in [0.2, 0.25) is 5.78 Å². The molecule has 4 heterocycles. The minimum absolute atomic E-state index is 0.0288. The number of rotatable bonds is 10. The maximum absolute atomic E-state index is 13.2. The van der Waals surface area contributed by atoms with Gasteiger partial charge in [0.25, 0.3) is 20.0 Å². The molecule has 6 aromatic rings. The lowest BCUT2D eigenvalue weighted by molar-refractivity contribution is -0.170. The lowest BCUT2D eigenvalue weighted by Gasteiger charge is -2.25. The van der Waals surface area contributed by atoms with E-state index in [9.17, 15) is 34.8 Å². The van der Waals surface area contributed by atoms with Crippen LogP contribution in [0.25, 0.3) is 22.1 Å². The molecule has 318 valence electrons. The topological polar surface area (TPSA) is 171 Å². The molecule has 2 aromatic carbocycles. The van der Waals surface area contributed by atoms with Crippen molar-refractivity contribution in [1.82, 2.24) is 17.9 Å². The zero-order valence-corrected chi connectivity index (χ0v) is 35.0. The van der Waals surface area contributed by atoms with Crippen LogP contribution in [0.1, 0.15) is 80.9 Å². The van der Waals surface area contributed by atoms with Gasteiger partial charge in [0.15, 0.2) is 11.3 Å². The van der Waals surface area contributed by atoms with Gasteiger partial charge in [-0.05, 0) is 75.9 Å². The predicted octanol–water partition coefficient (Wildman–Crippen LogP) is 8.91. The molecular formula is C43H48F3N7O5S2. The second-order valence-electron chi connectivity index (χ2n) is 15.6. The summed E-state index contributed by atoms with van der Waals surface area (Å²) in [5.41, 5.74) is 10.3. The molecule has 2 saturated carbocycles. The number of nitrogens with two attached hydrogens (primary N) is 1. The highest BCUT2D eigenvalue weighted by Gasteiger charge is 2.38. The van der Waals surface area contributed by atoms with Crippen LogP contribution in [-0.2, 0) is 31.3 Å². The van der Waals surface area contributed by atoms with Crippen molar-refractivity contribution in [2.75, 3.05) is 16.4 Å². The van der Waals surface area contributed by atoms with Gasteiger partial charge < -0.3 is 16.4 Å². The van der Waals surface area contributed by atoms with E-state index in [0.29, 0.717) is 28.5 Å². The first kappa shape index (κ1) is 42.7. The summed E-state index contributed by atoms with van der Waals surface area (Å²) in [5, 5.41) is 7.92. The minimum atomic E-state index is -4.96. The monoisotopic (exact) mass is 863 g/mol. The molecule has 2 aliphatic carbocycles. The molecule has 0 amide bonds. The summed E-state index contributed by atoms with van der Waals surface area (Å²) in [7, 11) is -7.68. The van der Waals surface area contributed by atoms with Crippen molar-refractivity contribution in [3.63, 3.8) is 0 Å². The second kappa shape index (κ2) is 17.3. The molecule has 0 saturated heterocycles. The lowest BCUT2D eigenvalue weighted by atomic mass is 9.94. The van der Waals surface area contributed by atoms with Gasteiger partial charge in [-0.25, -0.2) is 34.7 Å². The van der Waals surface area contributed by atoms with Crippen LogP contribution in [0.15, 0.2) is 95.2 Å². The summed E-state index contributed by atoms with van der Waals surface area (Å²) in [5.74, 6) is -1.87. The van der Waals surface area contributed by atoms with Crippen LogP contribution in [0, 0.1) is 13.8 Å². The molecule has 2 fully saturated rings. The molecule has 0 spiro atoms.